The number of imidazole rings is 1. The summed E-state index contributed by atoms with van der Waals surface area (Å²) in [5, 5.41) is 13.9. The van der Waals surface area contributed by atoms with Crippen molar-refractivity contribution in [2.45, 2.75) is 0 Å². The summed E-state index contributed by atoms with van der Waals surface area (Å²) in [5.41, 5.74) is 2.38. The minimum atomic E-state index is -0.456. The Morgan fingerprint density at radius 3 is 2.90 bits per heavy atom. The minimum Gasteiger partial charge on any atom is -0.383 e. The predicted octanol–water partition coefficient (Wildman–Crippen LogP) is 2.62. The van der Waals surface area contributed by atoms with Gasteiger partial charge in [-0.05, 0) is 17.7 Å². The minimum absolute atomic E-state index is 0.0324. The fourth-order valence-electron chi connectivity index (χ4n) is 2.06. The van der Waals surface area contributed by atoms with Gasteiger partial charge in [-0.2, -0.15) is 4.98 Å². The molecule has 2 N–H and O–H groups in total. The van der Waals surface area contributed by atoms with E-state index in [1.807, 2.05) is 0 Å². The molecule has 2 aromatic heterocycles. The van der Waals surface area contributed by atoms with Crippen molar-refractivity contribution in [1.82, 2.24) is 19.9 Å². The van der Waals surface area contributed by atoms with E-state index in [0.29, 0.717) is 28.1 Å². The van der Waals surface area contributed by atoms with Crippen LogP contribution in [-0.4, -0.2) is 31.9 Å². The van der Waals surface area contributed by atoms with Crippen LogP contribution in [0.25, 0.3) is 22.4 Å². The third-order valence-electron chi connectivity index (χ3n) is 3.00. The van der Waals surface area contributed by atoms with Crippen molar-refractivity contribution in [2.75, 3.05) is 12.4 Å². The summed E-state index contributed by atoms with van der Waals surface area (Å²) in [7, 11) is 1.62. The van der Waals surface area contributed by atoms with Gasteiger partial charge in [-0.15, -0.1) is 0 Å². The molecule has 0 aliphatic carbocycles. The van der Waals surface area contributed by atoms with Gasteiger partial charge in [-0.3, -0.25) is 10.1 Å². The predicted molar refractivity (Wildman–Crippen MR) is 78.3 cm³/mol. The van der Waals surface area contributed by atoms with E-state index >= 15 is 0 Å². The lowest BCUT2D eigenvalue weighted by Gasteiger charge is -2.06. The lowest BCUT2D eigenvalue weighted by Crippen LogP contribution is -1.98. The Morgan fingerprint density at radius 2 is 2.19 bits per heavy atom. The van der Waals surface area contributed by atoms with Crippen LogP contribution in [0.3, 0.4) is 0 Å². The van der Waals surface area contributed by atoms with E-state index in [0.717, 1.165) is 0 Å². The number of fused-ring (bicyclic) bond motifs is 1. The van der Waals surface area contributed by atoms with E-state index in [4.69, 9.17) is 11.6 Å². The molecule has 0 atom stereocenters. The maximum Gasteiger partial charge on any atom is 0.292 e. The Morgan fingerprint density at radius 1 is 1.38 bits per heavy atom. The van der Waals surface area contributed by atoms with Crippen LogP contribution in [0, 0.1) is 10.1 Å². The van der Waals surface area contributed by atoms with Crippen LogP contribution in [0.1, 0.15) is 0 Å². The molecule has 0 amide bonds. The molecule has 8 nitrogen and oxygen atoms in total. The lowest BCUT2D eigenvalue weighted by molar-refractivity contribution is -0.383. The first-order chi connectivity index (χ1) is 10.1. The second-order valence-electron chi connectivity index (χ2n) is 4.18. The summed E-state index contributed by atoms with van der Waals surface area (Å²) in [6, 6.07) is 4.77. The number of nitrogens with zero attached hydrogens (tertiary/aromatic N) is 4. The van der Waals surface area contributed by atoms with E-state index in [2.05, 4.69) is 25.3 Å². The molecule has 21 heavy (non-hydrogen) atoms. The first-order valence-corrected chi connectivity index (χ1v) is 6.31. The summed E-state index contributed by atoms with van der Waals surface area (Å²) in [6.07, 6.45) is 1.47. The standard InChI is InChI=1S/C12H9ClN6O2/c1-14-7-3-2-6(4-8(7)19(20)21)9-10-11(16-5-15-10)18-12(13)17-9/h2-5,14H,1H3,(H,15,16,17,18). The normalized spacial score (nSPS) is 10.8. The maximum absolute atomic E-state index is 11.1. The van der Waals surface area contributed by atoms with E-state index in [-0.39, 0.29) is 11.0 Å². The number of H-pyrrole nitrogens is 1. The second-order valence-corrected chi connectivity index (χ2v) is 4.52. The number of aromatic nitrogens is 4. The molecule has 0 saturated carbocycles. The largest absolute Gasteiger partial charge is 0.383 e. The van der Waals surface area contributed by atoms with Crippen molar-refractivity contribution < 1.29 is 4.92 Å². The number of rotatable bonds is 3. The highest BCUT2D eigenvalue weighted by Crippen LogP contribution is 2.32. The summed E-state index contributed by atoms with van der Waals surface area (Å²) in [6.45, 7) is 0. The highest BCUT2D eigenvalue weighted by molar-refractivity contribution is 6.28. The van der Waals surface area contributed by atoms with Crippen LogP contribution < -0.4 is 5.32 Å². The van der Waals surface area contributed by atoms with Gasteiger partial charge >= 0.3 is 0 Å². The highest BCUT2D eigenvalue weighted by Gasteiger charge is 2.17. The van der Waals surface area contributed by atoms with Crippen molar-refractivity contribution in [1.29, 1.82) is 0 Å². The van der Waals surface area contributed by atoms with Crippen molar-refractivity contribution >= 4 is 34.1 Å². The van der Waals surface area contributed by atoms with Crippen molar-refractivity contribution in [3.8, 4) is 11.3 Å². The molecule has 0 aliphatic rings. The third-order valence-corrected chi connectivity index (χ3v) is 3.16. The van der Waals surface area contributed by atoms with Crippen LogP contribution in [-0.2, 0) is 0 Å². The van der Waals surface area contributed by atoms with E-state index in [1.54, 1.807) is 19.2 Å². The average Bonchev–Trinajstić information content (AvgIpc) is 2.93. The van der Waals surface area contributed by atoms with Crippen LogP contribution in [0.4, 0.5) is 11.4 Å². The number of nitrogens with one attached hydrogen (secondary N) is 2. The van der Waals surface area contributed by atoms with E-state index in [9.17, 15) is 10.1 Å². The monoisotopic (exact) mass is 304 g/mol. The number of benzene rings is 1. The molecule has 9 heteroatoms. The fourth-order valence-corrected chi connectivity index (χ4v) is 2.22. The molecule has 1 aromatic carbocycles. The molecule has 3 aromatic rings. The molecule has 0 fully saturated rings. The first kappa shape index (κ1) is 13.3. The number of aromatic amines is 1. The molecule has 106 valence electrons. The zero-order valence-corrected chi connectivity index (χ0v) is 11.5. The van der Waals surface area contributed by atoms with Gasteiger partial charge in [0.15, 0.2) is 5.65 Å². The van der Waals surface area contributed by atoms with Gasteiger partial charge in [0, 0.05) is 18.7 Å². The van der Waals surface area contributed by atoms with Crippen LogP contribution in [0.15, 0.2) is 24.5 Å². The van der Waals surface area contributed by atoms with E-state index in [1.165, 1.54) is 12.4 Å². The molecule has 2 heterocycles. The molecule has 0 radical (unpaired) electrons. The average molecular weight is 305 g/mol. The number of anilines is 1. The summed E-state index contributed by atoms with van der Waals surface area (Å²) in [4.78, 5) is 25.7. The Kier molecular flexibility index (Phi) is 3.15. The maximum atomic E-state index is 11.1. The fraction of sp³-hybridized carbons (Fsp3) is 0.0833. The molecular weight excluding hydrogens is 296 g/mol. The zero-order valence-electron chi connectivity index (χ0n) is 10.8. The second kappa shape index (κ2) is 4.98. The van der Waals surface area contributed by atoms with Gasteiger partial charge in [0.25, 0.3) is 5.69 Å². The van der Waals surface area contributed by atoms with Gasteiger partial charge in [-0.25, -0.2) is 9.97 Å². The summed E-state index contributed by atoms with van der Waals surface area (Å²) < 4.78 is 0. The Balaban J connectivity index is 2.25. The smallest absolute Gasteiger partial charge is 0.292 e. The SMILES string of the molecule is CNc1ccc(-c2nc(Cl)nc3nc[nH]c23)cc1[N+](=O)[O-]. The Labute approximate surface area is 123 Å². The number of nitro benzene ring substituents is 1. The van der Waals surface area contributed by atoms with Crippen LogP contribution in [0.2, 0.25) is 5.28 Å². The molecule has 0 spiro atoms. The lowest BCUT2D eigenvalue weighted by atomic mass is 10.1. The van der Waals surface area contributed by atoms with Gasteiger partial charge in [-0.1, -0.05) is 6.07 Å². The van der Waals surface area contributed by atoms with Crippen molar-refractivity contribution in [3.05, 3.63) is 39.9 Å². The summed E-state index contributed by atoms with van der Waals surface area (Å²) in [5.74, 6) is 0. The Bertz CT molecular complexity index is 847. The topological polar surface area (TPSA) is 110 Å². The molecule has 0 unspecified atom stereocenters. The third kappa shape index (κ3) is 2.25. The molecule has 0 aliphatic heterocycles. The number of nitro groups is 1. The number of hydrogen-bond acceptors (Lipinski definition) is 6. The van der Waals surface area contributed by atoms with Crippen molar-refractivity contribution in [3.63, 3.8) is 0 Å². The first-order valence-electron chi connectivity index (χ1n) is 5.93. The summed E-state index contributed by atoms with van der Waals surface area (Å²) >= 11 is 5.87. The van der Waals surface area contributed by atoms with E-state index < -0.39 is 4.92 Å². The van der Waals surface area contributed by atoms with Gasteiger partial charge in [0.1, 0.15) is 16.9 Å². The molecular formula is C12H9ClN6O2. The van der Waals surface area contributed by atoms with Gasteiger partial charge < -0.3 is 10.3 Å². The highest BCUT2D eigenvalue weighted by atomic mass is 35.5. The Hall–Kier alpha value is -2.74. The van der Waals surface area contributed by atoms with Gasteiger partial charge in [0.2, 0.25) is 5.28 Å². The van der Waals surface area contributed by atoms with Crippen LogP contribution >= 0.6 is 11.6 Å². The van der Waals surface area contributed by atoms with Crippen LogP contribution in [0.5, 0.6) is 0 Å². The zero-order chi connectivity index (χ0) is 15.0. The molecule has 3 rings (SSSR count). The van der Waals surface area contributed by atoms with Crippen molar-refractivity contribution in [2.24, 2.45) is 0 Å². The quantitative estimate of drug-likeness (QED) is 0.437. The molecule has 0 bridgehead atoms. The molecule has 0 saturated heterocycles. The van der Waals surface area contributed by atoms with Gasteiger partial charge in [0.05, 0.1) is 11.3 Å². The number of halogens is 1. The number of hydrogen-bond donors (Lipinski definition) is 2.